The second-order valence-electron chi connectivity index (χ2n) is 4.32. The van der Waals surface area contributed by atoms with E-state index in [4.69, 9.17) is 0 Å². The van der Waals surface area contributed by atoms with Gasteiger partial charge in [-0.15, -0.1) is 0 Å². The summed E-state index contributed by atoms with van der Waals surface area (Å²) in [6, 6.07) is 10.3. The number of nitrogens with one attached hydrogen (secondary N) is 1. The summed E-state index contributed by atoms with van der Waals surface area (Å²) in [6.07, 6.45) is 0.135. The normalized spacial score (nSPS) is 10.3. The fraction of sp³-hybridized carbons (Fsp3) is 0.133. The second-order valence-corrected chi connectivity index (χ2v) is 5.23. The molecular formula is C15H12BrF2NO. The fourth-order valence-electron chi connectivity index (χ4n) is 1.72. The van der Waals surface area contributed by atoms with Gasteiger partial charge in [-0.1, -0.05) is 28.1 Å². The number of hydrogen-bond donors (Lipinski definition) is 1. The van der Waals surface area contributed by atoms with Crippen molar-refractivity contribution in [3.63, 3.8) is 0 Å². The monoisotopic (exact) mass is 339 g/mol. The van der Waals surface area contributed by atoms with Crippen LogP contribution in [0.3, 0.4) is 0 Å². The zero-order chi connectivity index (χ0) is 14.5. The van der Waals surface area contributed by atoms with Crippen molar-refractivity contribution in [3.8, 4) is 0 Å². The van der Waals surface area contributed by atoms with Crippen LogP contribution in [0.5, 0.6) is 0 Å². The first-order valence-electron chi connectivity index (χ1n) is 5.99. The molecule has 0 radical (unpaired) electrons. The lowest BCUT2D eigenvalue weighted by Crippen LogP contribution is -2.25. The van der Waals surface area contributed by atoms with Gasteiger partial charge < -0.3 is 5.32 Å². The molecule has 0 aliphatic heterocycles. The van der Waals surface area contributed by atoms with Crippen LogP contribution < -0.4 is 5.32 Å². The van der Waals surface area contributed by atoms with Crippen LogP contribution in [-0.4, -0.2) is 5.91 Å². The molecule has 1 N–H and O–H groups in total. The highest BCUT2D eigenvalue weighted by Gasteiger charge is 2.07. The van der Waals surface area contributed by atoms with E-state index in [1.807, 2.05) is 0 Å². The zero-order valence-corrected chi connectivity index (χ0v) is 12.1. The Hall–Kier alpha value is -1.75. The molecule has 2 rings (SSSR count). The van der Waals surface area contributed by atoms with Gasteiger partial charge in [-0.05, 0) is 35.9 Å². The summed E-state index contributed by atoms with van der Waals surface area (Å²) < 4.78 is 27.0. The summed E-state index contributed by atoms with van der Waals surface area (Å²) in [7, 11) is 0. The van der Waals surface area contributed by atoms with Gasteiger partial charge in [0.2, 0.25) is 5.91 Å². The first-order chi connectivity index (χ1) is 9.54. The Balaban J connectivity index is 1.92. The maximum atomic E-state index is 13.5. The topological polar surface area (TPSA) is 29.1 Å². The van der Waals surface area contributed by atoms with Gasteiger partial charge in [0.1, 0.15) is 11.6 Å². The van der Waals surface area contributed by atoms with Crippen LogP contribution in [0.25, 0.3) is 0 Å². The Kier molecular flexibility index (Phi) is 4.84. The Morgan fingerprint density at radius 2 is 1.80 bits per heavy atom. The van der Waals surface area contributed by atoms with Crippen molar-refractivity contribution in [1.82, 2.24) is 5.32 Å². The van der Waals surface area contributed by atoms with Crippen LogP contribution in [0.15, 0.2) is 46.9 Å². The van der Waals surface area contributed by atoms with Gasteiger partial charge in [0.05, 0.1) is 6.42 Å². The predicted molar refractivity (Wildman–Crippen MR) is 76.1 cm³/mol. The SMILES string of the molecule is O=C(Cc1ccc(F)cc1)NCc1cc(Br)ccc1F. The van der Waals surface area contributed by atoms with E-state index >= 15 is 0 Å². The molecule has 20 heavy (non-hydrogen) atoms. The largest absolute Gasteiger partial charge is 0.352 e. The molecule has 0 unspecified atom stereocenters. The lowest BCUT2D eigenvalue weighted by Gasteiger charge is -2.07. The van der Waals surface area contributed by atoms with E-state index in [2.05, 4.69) is 21.2 Å². The van der Waals surface area contributed by atoms with Gasteiger partial charge in [-0.25, -0.2) is 8.78 Å². The zero-order valence-electron chi connectivity index (χ0n) is 10.5. The average Bonchev–Trinajstić information content (AvgIpc) is 2.42. The van der Waals surface area contributed by atoms with Crippen LogP contribution >= 0.6 is 15.9 Å². The molecule has 0 heterocycles. The maximum absolute atomic E-state index is 13.5. The highest BCUT2D eigenvalue weighted by molar-refractivity contribution is 9.10. The van der Waals surface area contributed by atoms with Crippen molar-refractivity contribution >= 4 is 21.8 Å². The molecule has 104 valence electrons. The third-order valence-corrected chi connectivity index (χ3v) is 3.25. The molecule has 2 nitrogen and oxygen atoms in total. The molecule has 0 saturated heterocycles. The molecule has 0 aliphatic carbocycles. The summed E-state index contributed by atoms with van der Waals surface area (Å²) in [5, 5.41) is 2.64. The quantitative estimate of drug-likeness (QED) is 0.906. The Morgan fingerprint density at radius 3 is 2.50 bits per heavy atom. The van der Waals surface area contributed by atoms with Crippen molar-refractivity contribution < 1.29 is 13.6 Å². The standard InChI is InChI=1S/C15H12BrF2NO/c16-12-3-6-14(18)11(8-12)9-19-15(20)7-10-1-4-13(17)5-2-10/h1-6,8H,7,9H2,(H,19,20). The van der Waals surface area contributed by atoms with Gasteiger partial charge in [0, 0.05) is 16.6 Å². The van der Waals surface area contributed by atoms with E-state index in [1.54, 1.807) is 24.3 Å². The molecule has 0 atom stereocenters. The Labute approximate surface area is 123 Å². The minimum atomic E-state index is -0.365. The minimum Gasteiger partial charge on any atom is -0.352 e. The number of carbonyl (C=O) groups is 1. The molecule has 0 fully saturated rings. The molecule has 0 spiro atoms. The van der Waals surface area contributed by atoms with E-state index in [-0.39, 0.29) is 30.5 Å². The molecule has 1 amide bonds. The lowest BCUT2D eigenvalue weighted by molar-refractivity contribution is -0.120. The van der Waals surface area contributed by atoms with Crippen LogP contribution in [0, 0.1) is 11.6 Å². The number of hydrogen-bond acceptors (Lipinski definition) is 1. The molecule has 0 aromatic heterocycles. The molecule has 0 aliphatic rings. The first-order valence-corrected chi connectivity index (χ1v) is 6.79. The third kappa shape index (κ3) is 4.13. The van der Waals surface area contributed by atoms with Gasteiger partial charge in [-0.3, -0.25) is 4.79 Å². The third-order valence-electron chi connectivity index (χ3n) is 2.76. The van der Waals surface area contributed by atoms with Crippen molar-refractivity contribution in [1.29, 1.82) is 0 Å². The van der Waals surface area contributed by atoms with Gasteiger partial charge in [-0.2, -0.15) is 0 Å². The molecule has 0 bridgehead atoms. The van der Waals surface area contributed by atoms with E-state index in [0.717, 1.165) is 4.47 Å². The lowest BCUT2D eigenvalue weighted by atomic mass is 10.1. The smallest absolute Gasteiger partial charge is 0.224 e. The summed E-state index contributed by atoms with van der Waals surface area (Å²) in [5.41, 5.74) is 1.12. The molecule has 0 saturated carbocycles. The van der Waals surface area contributed by atoms with Crippen molar-refractivity contribution in [2.45, 2.75) is 13.0 Å². The fourth-order valence-corrected chi connectivity index (χ4v) is 2.13. The maximum Gasteiger partial charge on any atom is 0.224 e. The van der Waals surface area contributed by atoms with Crippen molar-refractivity contribution in [2.75, 3.05) is 0 Å². The van der Waals surface area contributed by atoms with Gasteiger partial charge >= 0.3 is 0 Å². The summed E-state index contributed by atoms with van der Waals surface area (Å²) in [4.78, 5) is 11.7. The van der Waals surface area contributed by atoms with Gasteiger partial charge in [0.15, 0.2) is 0 Å². The van der Waals surface area contributed by atoms with E-state index in [1.165, 1.54) is 18.2 Å². The summed E-state index contributed by atoms with van der Waals surface area (Å²) in [5.74, 6) is -0.948. The molecule has 2 aromatic carbocycles. The van der Waals surface area contributed by atoms with Crippen LogP contribution in [0.4, 0.5) is 8.78 Å². The highest BCUT2D eigenvalue weighted by atomic mass is 79.9. The molecule has 5 heteroatoms. The second kappa shape index (κ2) is 6.61. The Bertz CT molecular complexity index is 614. The predicted octanol–water partition coefficient (Wildman–Crippen LogP) is 3.59. The number of carbonyl (C=O) groups excluding carboxylic acids is 1. The first kappa shape index (κ1) is 14.7. The average molecular weight is 340 g/mol. The Morgan fingerprint density at radius 1 is 1.10 bits per heavy atom. The van der Waals surface area contributed by atoms with Crippen molar-refractivity contribution in [2.24, 2.45) is 0 Å². The number of benzene rings is 2. The van der Waals surface area contributed by atoms with E-state index in [0.29, 0.717) is 11.1 Å². The number of amides is 1. The molecule has 2 aromatic rings. The number of halogens is 3. The summed E-state index contributed by atoms with van der Waals surface area (Å²) >= 11 is 3.25. The number of rotatable bonds is 4. The molecular weight excluding hydrogens is 328 g/mol. The van der Waals surface area contributed by atoms with E-state index in [9.17, 15) is 13.6 Å². The van der Waals surface area contributed by atoms with Crippen molar-refractivity contribution in [3.05, 3.63) is 69.7 Å². The minimum absolute atomic E-state index is 0.116. The van der Waals surface area contributed by atoms with Crippen LogP contribution in [-0.2, 0) is 17.8 Å². The van der Waals surface area contributed by atoms with Crippen LogP contribution in [0.2, 0.25) is 0 Å². The van der Waals surface area contributed by atoms with Crippen LogP contribution in [0.1, 0.15) is 11.1 Å². The van der Waals surface area contributed by atoms with E-state index < -0.39 is 0 Å². The summed E-state index contributed by atoms with van der Waals surface area (Å²) in [6.45, 7) is 0.116. The highest BCUT2D eigenvalue weighted by Crippen LogP contribution is 2.15. The van der Waals surface area contributed by atoms with Gasteiger partial charge in [0.25, 0.3) is 0 Å².